The van der Waals surface area contributed by atoms with Crippen molar-refractivity contribution in [3.05, 3.63) is 54.1 Å². The summed E-state index contributed by atoms with van der Waals surface area (Å²) in [4.78, 5) is 24.5. The van der Waals surface area contributed by atoms with Crippen molar-refractivity contribution in [3.63, 3.8) is 0 Å². The molecule has 0 saturated carbocycles. The molecule has 1 saturated heterocycles. The largest absolute Gasteiger partial charge is 0.493 e. The normalized spacial score (nSPS) is 15.7. The first-order valence-electron chi connectivity index (χ1n) is 9.21. The number of carbonyl (C=O) groups excluding carboxylic acids is 2. The maximum atomic E-state index is 12.3. The maximum Gasteiger partial charge on any atom is 0.262 e. The average molecular weight is 384 g/mol. The van der Waals surface area contributed by atoms with Crippen molar-refractivity contribution < 1.29 is 23.8 Å². The van der Waals surface area contributed by atoms with Crippen LogP contribution in [-0.4, -0.2) is 44.8 Å². The number of carbonyl (C=O) groups is 2. The van der Waals surface area contributed by atoms with E-state index in [1.165, 1.54) is 7.11 Å². The Morgan fingerprint density at radius 2 is 1.96 bits per heavy atom. The maximum absolute atomic E-state index is 12.3. The van der Waals surface area contributed by atoms with E-state index in [-0.39, 0.29) is 24.5 Å². The van der Waals surface area contributed by atoms with Crippen molar-refractivity contribution >= 4 is 17.5 Å². The Morgan fingerprint density at radius 3 is 2.71 bits per heavy atom. The highest BCUT2D eigenvalue weighted by Crippen LogP contribution is 2.25. The summed E-state index contributed by atoms with van der Waals surface area (Å²) in [6.07, 6.45) is 2.07. The van der Waals surface area contributed by atoms with Gasteiger partial charge in [0.2, 0.25) is 0 Å². The molecule has 2 aromatic carbocycles. The number of para-hydroxylation sites is 2. The van der Waals surface area contributed by atoms with E-state index in [1.54, 1.807) is 42.5 Å². The average Bonchev–Trinajstić information content (AvgIpc) is 3.24. The van der Waals surface area contributed by atoms with Crippen LogP contribution in [0.5, 0.6) is 11.5 Å². The van der Waals surface area contributed by atoms with Crippen LogP contribution in [0.3, 0.4) is 0 Å². The molecule has 2 amide bonds. The molecule has 0 aromatic heterocycles. The summed E-state index contributed by atoms with van der Waals surface area (Å²) in [5, 5.41) is 5.60. The van der Waals surface area contributed by atoms with Gasteiger partial charge in [-0.1, -0.05) is 18.2 Å². The third kappa shape index (κ3) is 5.47. The van der Waals surface area contributed by atoms with Crippen molar-refractivity contribution in [1.82, 2.24) is 5.32 Å². The Kier molecular flexibility index (Phi) is 6.86. The van der Waals surface area contributed by atoms with E-state index in [0.717, 1.165) is 19.4 Å². The van der Waals surface area contributed by atoms with Crippen LogP contribution < -0.4 is 20.1 Å². The highest BCUT2D eigenvalue weighted by molar-refractivity contribution is 5.97. The Hall–Kier alpha value is -3.06. The van der Waals surface area contributed by atoms with Gasteiger partial charge in [0.05, 0.1) is 13.2 Å². The van der Waals surface area contributed by atoms with E-state index in [1.807, 2.05) is 6.07 Å². The van der Waals surface area contributed by atoms with Gasteiger partial charge >= 0.3 is 0 Å². The Labute approximate surface area is 164 Å². The summed E-state index contributed by atoms with van der Waals surface area (Å²) < 4.78 is 16.2. The second kappa shape index (κ2) is 9.75. The van der Waals surface area contributed by atoms with E-state index in [0.29, 0.717) is 29.3 Å². The minimum Gasteiger partial charge on any atom is -0.493 e. The zero-order chi connectivity index (χ0) is 19.8. The molecule has 1 atom stereocenters. The van der Waals surface area contributed by atoms with E-state index < -0.39 is 0 Å². The quantitative estimate of drug-likeness (QED) is 0.731. The first-order valence-corrected chi connectivity index (χ1v) is 9.21. The number of rotatable bonds is 8. The lowest BCUT2D eigenvalue weighted by Crippen LogP contribution is -2.31. The monoisotopic (exact) mass is 384 g/mol. The number of hydrogen-bond acceptors (Lipinski definition) is 5. The molecule has 0 aliphatic carbocycles. The topological polar surface area (TPSA) is 85.9 Å². The lowest BCUT2D eigenvalue weighted by molar-refractivity contribution is -0.118. The van der Waals surface area contributed by atoms with Crippen molar-refractivity contribution in [1.29, 1.82) is 0 Å². The Bertz CT molecular complexity index is 818. The van der Waals surface area contributed by atoms with Crippen molar-refractivity contribution in [3.8, 4) is 11.5 Å². The number of benzene rings is 2. The minimum absolute atomic E-state index is 0.0824. The van der Waals surface area contributed by atoms with Crippen LogP contribution in [0.25, 0.3) is 0 Å². The fourth-order valence-electron chi connectivity index (χ4n) is 2.93. The standard InChI is InChI=1S/C21H24N2O5/c1-26-18-9-2-3-10-19(18)28-14-20(24)23-16-7-4-6-15(12-16)21(25)22-13-17-8-5-11-27-17/h2-4,6-7,9-10,12,17H,5,8,11,13-14H2,1H3,(H,22,25)(H,23,24)/t17-/m0/s1. The highest BCUT2D eigenvalue weighted by atomic mass is 16.5. The molecule has 3 rings (SSSR count). The molecule has 0 bridgehead atoms. The van der Waals surface area contributed by atoms with Gasteiger partial charge in [0.1, 0.15) is 0 Å². The summed E-state index contributed by atoms with van der Waals surface area (Å²) in [5.74, 6) is 0.516. The van der Waals surface area contributed by atoms with Gasteiger partial charge in [-0.3, -0.25) is 9.59 Å². The number of nitrogens with one attached hydrogen (secondary N) is 2. The van der Waals surface area contributed by atoms with Gasteiger partial charge < -0.3 is 24.8 Å². The van der Waals surface area contributed by atoms with Gasteiger partial charge in [-0.2, -0.15) is 0 Å². The molecular weight excluding hydrogens is 360 g/mol. The van der Waals surface area contributed by atoms with Gasteiger partial charge in [0.15, 0.2) is 18.1 Å². The van der Waals surface area contributed by atoms with E-state index in [2.05, 4.69) is 10.6 Å². The van der Waals surface area contributed by atoms with E-state index >= 15 is 0 Å². The second-order valence-electron chi connectivity index (χ2n) is 6.41. The smallest absolute Gasteiger partial charge is 0.262 e. The summed E-state index contributed by atoms with van der Waals surface area (Å²) in [6.45, 7) is 1.07. The van der Waals surface area contributed by atoms with Crippen LogP contribution in [0.2, 0.25) is 0 Å². The second-order valence-corrected chi connectivity index (χ2v) is 6.41. The molecule has 1 aliphatic heterocycles. The first-order chi connectivity index (χ1) is 13.7. The van der Waals surface area contributed by atoms with E-state index in [4.69, 9.17) is 14.2 Å². The molecule has 28 heavy (non-hydrogen) atoms. The summed E-state index contributed by atoms with van der Waals surface area (Å²) in [7, 11) is 1.54. The minimum atomic E-state index is -0.331. The number of methoxy groups -OCH3 is 1. The molecule has 1 fully saturated rings. The zero-order valence-corrected chi connectivity index (χ0v) is 15.8. The van der Waals surface area contributed by atoms with Crippen LogP contribution in [0.1, 0.15) is 23.2 Å². The molecule has 0 unspecified atom stereocenters. The molecule has 2 N–H and O–H groups in total. The van der Waals surface area contributed by atoms with Crippen LogP contribution >= 0.6 is 0 Å². The predicted octanol–water partition coefficient (Wildman–Crippen LogP) is 2.62. The molecule has 0 radical (unpaired) electrons. The van der Waals surface area contributed by atoms with Gasteiger partial charge in [-0.15, -0.1) is 0 Å². The SMILES string of the molecule is COc1ccccc1OCC(=O)Nc1cccc(C(=O)NC[C@@H]2CCCO2)c1. The van der Waals surface area contributed by atoms with Crippen LogP contribution in [0, 0.1) is 0 Å². The fraction of sp³-hybridized carbons (Fsp3) is 0.333. The molecule has 0 spiro atoms. The third-order valence-electron chi connectivity index (χ3n) is 4.35. The molecule has 7 heteroatoms. The molecule has 7 nitrogen and oxygen atoms in total. The summed E-state index contributed by atoms with van der Waals surface area (Å²) in [5.41, 5.74) is 1.000. The first kappa shape index (κ1) is 19.7. The van der Waals surface area contributed by atoms with Gasteiger partial charge in [-0.05, 0) is 43.2 Å². The van der Waals surface area contributed by atoms with E-state index in [9.17, 15) is 9.59 Å². The van der Waals surface area contributed by atoms with Gasteiger partial charge in [0.25, 0.3) is 11.8 Å². The van der Waals surface area contributed by atoms with Crippen LogP contribution in [0.4, 0.5) is 5.69 Å². The predicted molar refractivity (Wildman–Crippen MR) is 105 cm³/mol. The summed E-state index contributed by atoms with van der Waals surface area (Å²) >= 11 is 0. The van der Waals surface area contributed by atoms with Gasteiger partial charge in [0, 0.05) is 24.4 Å². The van der Waals surface area contributed by atoms with Gasteiger partial charge in [-0.25, -0.2) is 0 Å². The summed E-state index contributed by atoms with van der Waals surface area (Å²) in [6, 6.07) is 13.9. The highest BCUT2D eigenvalue weighted by Gasteiger charge is 2.17. The zero-order valence-electron chi connectivity index (χ0n) is 15.8. The lowest BCUT2D eigenvalue weighted by Gasteiger charge is -2.12. The number of hydrogen-bond donors (Lipinski definition) is 2. The van der Waals surface area contributed by atoms with Crippen molar-refractivity contribution in [2.45, 2.75) is 18.9 Å². The molecule has 1 heterocycles. The molecule has 148 valence electrons. The van der Waals surface area contributed by atoms with Crippen LogP contribution in [0.15, 0.2) is 48.5 Å². The van der Waals surface area contributed by atoms with Crippen LogP contribution in [-0.2, 0) is 9.53 Å². The molecule has 1 aliphatic rings. The number of anilines is 1. The van der Waals surface area contributed by atoms with Crippen molar-refractivity contribution in [2.75, 3.05) is 32.2 Å². The Balaban J connectivity index is 1.51. The number of amides is 2. The lowest BCUT2D eigenvalue weighted by atomic mass is 10.1. The Morgan fingerprint density at radius 1 is 1.14 bits per heavy atom. The third-order valence-corrected chi connectivity index (χ3v) is 4.35. The molecular formula is C21H24N2O5. The number of ether oxygens (including phenoxy) is 3. The fourth-order valence-corrected chi connectivity index (χ4v) is 2.93. The molecule has 2 aromatic rings. The van der Waals surface area contributed by atoms with Crippen molar-refractivity contribution in [2.24, 2.45) is 0 Å².